The minimum atomic E-state index is -4.64. The van der Waals surface area contributed by atoms with E-state index < -0.39 is 7.82 Å². The minimum Gasteiger partial charge on any atom is -0.344 e. The van der Waals surface area contributed by atoms with E-state index in [1.165, 1.54) is 0 Å². The largest absolute Gasteiger partial charge is 1.00 e. The van der Waals surface area contributed by atoms with Gasteiger partial charge in [0.05, 0.1) is 0 Å². The van der Waals surface area contributed by atoms with Crippen molar-refractivity contribution in [3.8, 4) is 0 Å². The molecule has 0 aromatic carbocycles. The monoisotopic (exact) mass is 164 g/mol. The van der Waals surface area contributed by atoms with Gasteiger partial charge in [0.2, 0.25) is 0 Å². The second kappa shape index (κ2) is 9.11. The third-order valence-corrected chi connectivity index (χ3v) is 0. The Hall–Kier alpha value is 1.11. The molecule has 0 heterocycles. The number of phosphoric acid groups is 1. The minimum absolute atomic E-state index is 0. The van der Waals surface area contributed by atoms with E-state index in [0.717, 1.165) is 6.42 Å². The van der Waals surface area contributed by atoms with Crippen molar-refractivity contribution in [2.45, 2.75) is 13.3 Å². The molecule has 0 amide bonds. The molecule has 0 fully saturated rings. The van der Waals surface area contributed by atoms with Crippen molar-refractivity contribution in [3.05, 3.63) is 6.92 Å². The maximum atomic E-state index is 8.88. The number of hydrogen-bond acceptors (Lipinski definition) is 1. The molecule has 0 saturated carbocycles. The van der Waals surface area contributed by atoms with E-state index >= 15 is 0 Å². The Morgan fingerprint density at radius 1 is 1.44 bits per heavy atom. The molecule has 52 valence electrons. The maximum absolute atomic E-state index is 8.88. The SMILES string of the molecule is O=P(O)(O)O.[CH2-]CC.[Na+]. The second-order valence-electron chi connectivity index (χ2n) is 1.01. The summed E-state index contributed by atoms with van der Waals surface area (Å²) < 4.78 is 8.88. The molecule has 0 bridgehead atoms. The van der Waals surface area contributed by atoms with Crippen molar-refractivity contribution < 1.29 is 48.8 Å². The summed E-state index contributed by atoms with van der Waals surface area (Å²) in [5.41, 5.74) is 0. The van der Waals surface area contributed by atoms with E-state index in [1.807, 2.05) is 6.92 Å². The Bertz CT molecular complexity index is 71.6. The van der Waals surface area contributed by atoms with Gasteiger partial charge in [-0.1, -0.05) is 6.92 Å². The molecule has 0 atom stereocenters. The molecule has 9 heavy (non-hydrogen) atoms. The molecule has 4 nitrogen and oxygen atoms in total. The van der Waals surface area contributed by atoms with Crippen LogP contribution in [0.15, 0.2) is 0 Å². The van der Waals surface area contributed by atoms with Crippen LogP contribution in [-0.2, 0) is 4.57 Å². The first-order valence-corrected chi connectivity index (χ1v) is 3.55. The zero-order valence-electron chi connectivity index (χ0n) is 5.61. The molecule has 0 aliphatic heterocycles. The zero-order chi connectivity index (χ0) is 7.21. The van der Waals surface area contributed by atoms with Crippen LogP contribution in [0.3, 0.4) is 0 Å². The van der Waals surface area contributed by atoms with Crippen LogP contribution in [0.25, 0.3) is 0 Å². The Kier molecular flexibility index (Phi) is 16.8. The Balaban J connectivity index is -0.0000000800. The normalized spacial score (nSPS) is 8.56. The fourth-order valence-corrected chi connectivity index (χ4v) is 0. The van der Waals surface area contributed by atoms with Crippen LogP contribution in [-0.4, -0.2) is 14.7 Å². The molecular formula is C3H10NaO4P. The van der Waals surface area contributed by atoms with Gasteiger partial charge < -0.3 is 21.6 Å². The van der Waals surface area contributed by atoms with E-state index in [1.54, 1.807) is 0 Å². The van der Waals surface area contributed by atoms with Crippen LogP contribution >= 0.6 is 7.82 Å². The molecule has 6 heteroatoms. The quantitative estimate of drug-likeness (QED) is 0.207. The molecule has 0 aromatic heterocycles. The summed E-state index contributed by atoms with van der Waals surface area (Å²) in [4.78, 5) is 21.6. The van der Waals surface area contributed by atoms with E-state index in [9.17, 15) is 0 Å². The molecule has 0 rings (SSSR count). The van der Waals surface area contributed by atoms with Gasteiger partial charge in [0.15, 0.2) is 0 Å². The van der Waals surface area contributed by atoms with E-state index in [0.29, 0.717) is 0 Å². The van der Waals surface area contributed by atoms with Crippen molar-refractivity contribution in [2.24, 2.45) is 0 Å². The first-order chi connectivity index (χ1) is 3.41. The second-order valence-corrected chi connectivity index (χ2v) is 2.04. The van der Waals surface area contributed by atoms with Crippen molar-refractivity contribution >= 4 is 7.82 Å². The third kappa shape index (κ3) is 374. The van der Waals surface area contributed by atoms with Crippen LogP contribution in [0.1, 0.15) is 13.3 Å². The summed E-state index contributed by atoms with van der Waals surface area (Å²) in [7, 11) is -4.64. The number of rotatable bonds is 0. The van der Waals surface area contributed by atoms with Gasteiger partial charge in [0.25, 0.3) is 0 Å². The van der Waals surface area contributed by atoms with Crippen molar-refractivity contribution in [2.75, 3.05) is 0 Å². The summed E-state index contributed by atoms with van der Waals surface area (Å²) in [5, 5.41) is 0. The van der Waals surface area contributed by atoms with Crippen molar-refractivity contribution in [3.63, 3.8) is 0 Å². The van der Waals surface area contributed by atoms with Gasteiger partial charge in [-0.05, 0) is 0 Å². The van der Waals surface area contributed by atoms with Gasteiger partial charge in [-0.3, -0.25) is 0 Å². The van der Waals surface area contributed by atoms with Crippen molar-refractivity contribution in [1.29, 1.82) is 0 Å². The fraction of sp³-hybridized carbons (Fsp3) is 0.667. The Labute approximate surface area is 76.8 Å². The standard InChI is InChI=1S/C3H7.Na.H3O4P/c1-3-2;;1-5(2,3)4/h1,3H2,2H3;;(H3,1,2,3,4)/q-1;+1;. The van der Waals surface area contributed by atoms with Gasteiger partial charge in [-0.25, -0.2) is 4.57 Å². The summed E-state index contributed by atoms with van der Waals surface area (Å²) in [5.74, 6) is 0. The van der Waals surface area contributed by atoms with Crippen LogP contribution in [0.4, 0.5) is 0 Å². The predicted molar refractivity (Wildman–Crippen MR) is 29.9 cm³/mol. The molecule has 0 aromatic rings. The summed E-state index contributed by atoms with van der Waals surface area (Å²) in [6, 6.07) is 0. The predicted octanol–water partition coefficient (Wildman–Crippen LogP) is -2.69. The topological polar surface area (TPSA) is 77.8 Å². The average Bonchev–Trinajstić information content (AvgIpc) is 1.27. The summed E-state index contributed by atoms with van der Waals surface area (Å²) in [6.45, 7) is 5.50. The van der Waals surface area contributed by atoms with E-state index in [-0.39, 0.29) is 29.6 Å². The zero-order valence-corrected chi connectivity index (χ0v) is 8.51. The van der Waals surface area contributed by atoms with E-state index in [2.05, 4.69) is 6.92 Å². The first-order valence-electron chi connectivity index (χ1n) is 1.99. The van der Waals surface area contributed by atoms with Gasteiger partial charge in [0, 0.05) is 0 Å². The molecule has 0 aliphatic rings. The number of hydrogen-bond donors (Lipinski definition) is 3. The molecule has 0 spiro atoms. The van der Waals surface area contributed by atoms with Gasteiger partial charge in [-0.2, -0.15) is 6.42 Å². The van der Waals surface area contributed by atoms with Gasteiger partial charge in [0.1, 0.15) is 0 Å². The smallest absolute Gasteiger partial charge is 0.344 e. The van der Waals surface area contributed by atoms with E-state index in [4.69, 9.17) is 19.2 Å². The Morgan fingerprint density at radius 3 is 1.44 bits per heavy atom. The van der Waals surface area contributed by atoms with Gasteiger partial charge in [-0.15, -0.1) is 0 Å². The molecule has 0 radical (unpaired) electrons. The van der Waals surface area contributed by atoms with Crippen LogP contribution in [0, 0.1) is 6.92 Å². The average molecular weight is 164 g/mol. The molecule has 0 unspecified atom stereocenters. The van der Waals surface area contributed by atoms with Crippen LogP contribution in [0.2, 0.25) is 0 Å². The Morgan fingerprint density at radius 2 is 1.44 bits per heavy atom. The van der Waals surface area contributed by atoms with Gasteiger partial charge >= 0.3 is 37.4 Å². The fourth-order valence-electron chi connectivity index (χ4n) is 0. The van der Waals surface area contributed by atoms with Crippen LogP contribution < -0.4 is 29.6 Å². The summed E-state index contributed by atoms with van der Waals surface area (Å²) in [6.07, 6.45) is 1.00. The summed E-state index contributed by atoms with van der Waals surface area (Å²) >= 11 is 0. The molecular weight excluding hydrogens is 154 g/mol. The molecule has 0 saturated heterocycles. The molecule has 3 N–H and O–H groups in total. The van der Waals surface area contributed by atoms with Crippen molar-refractivity contribution in [1.82, 2.24) is 0 Å². The van der Waals surface area contributed by atoms with Crippen LogP contribution in [0.5, 0.6) is 0 Å². The third-order valence-electron chi connectivity index (χ3n) is 0. The first kappa shape index (κ1) is 16.6. The molecule has 0 aliphatic carbocycles. The maximum Gasteiger partial charge on any atom is 1.00 e.